The van der Waals surface area contributed by atoms with E-state index in [1.807, 2.05) is 0 Å². The molecular weight excluding hydrogens is 316 g/mol. The molecule has 0 amide bonds. The van der Waals surface area contributed by atoms with Crippen molar-refractivity contribution < 1.29 is 29.9 Å². The van der Waals surface area contributed by atoms with E-state index < -0.39 is 48.5 Å². The molecule has 0 bridgehead atoms. The molecule has 1 aliphatic heterocycles. The second-order valence-corrected chi connectivity index (χ2v) is 4.76. The minimum Gasteiger partial charge on any atom is -0.468 e. The van der Waals surface area contributed by atoms with Gasteiger partial charge in [-0.2, -0.15) is 4.98 Å². The lowest BCUT2D eigenvalue weighted by Crippen LogP contribution is -2.60. The highest BCUT2D eigenvalue weighted by Crippen LogP contribution is 2.25. The van der Waals surface area contributed by atoms with Crippen molar-refractivity contribution in [2.24, 2.45) is 5.18 Å². The number of methoxy groups -OCH3 is 1. The highest BCUT2D eigenvalue weighted by molar-refractivity contribution is 5.59. The number of H-pyrrole nitrogens is 1. The van der Waals surface area contributed by atoms with E-state index in [9.17, 15) is 25.0 Å². The van der Waals surface area contributed by atoms with Crippen molar-refractivity contribution in [2.75, 3.05) is 19.0 Å². The van der Waals surface area contributed by atoms with Crippen LogP contribution in [0.25, 0.3) is 0 Å². The molecule has 12 nitrogen and oxygen atoms in total. The van der Waals surface area contributed by atoms with E-state index >= 15 is 0 Å². The molecule has 1 aliphatic rings. The molecule has 1 aromatic rings. The van der Waals surface area contributed by atoms with Crippen LogP contribution in [0, 0.1) is 4.91 Å². The van der Waals surface area contributed by atoms with Gasteiger partial charge in [0.15, 0.2) is 12.0 Å². The fourth-order valence-corrected chi connectivity index (χ4v) is 2.08. The molecule has 6 N–H and O–H groups in total. The van der Waals surface area contributed by atoms with Crippen LogP contribution in [0.2, 0.25) is 0 Å². The van der Waals surface area contributed by atoms with E-state index in [-0.39, 0.29) is 11.8 Å². The lowest BCUT2D eigenvalue weighted by molar-refractivity contribution is -0.221. The van der Waals surface area contributed by atoms with Crippen LogP contribution >= 0.6 is 0 Å². The Morgan fingerprint density at radius 3 is 2.61 bits per heavy atom. The summed E-state index contributed by atoms with van der Waals surface area (Å²) in [6.45, 7) is -0.631. The van der Waals surface area contributed by atoms with Gasteiger partial charge < -0.3 is 35.2 Å². The average Bonchev–Trinajstić information content (AvgIpc) is 2.54. The van der Waals surface area contributed by atoms with Crippen molar-refractivity contribution in [3.05, 3.63) is 15.3 Å². The Morgan fingerprint density at radius 2 is 2.04 bits per heavy atom. The van der Waals surface area contributed by atoms with Gasteiger partial charge in [-0.3, -0.25) is 9.78 Å². The standard InChI is InChI=1S/C11H16N4O8/c1-22-11-13-8(4(15-21)9(20)14-11)12-10-7(19)6(18)5(17)3(2-16)23-10/h3,5-7,10,16-19H,2H2,1H3,(H2,12,13,14,20)/t3-,5-,6+,7-,10-/m1/s1. The summed E-state index contributed by atoms with van der Waals surface area (Å²) in [7, 11) is 1.23. The number of aromatic amines is 1. The van der Waals surface area contributed by atoms with Gasteiger partial charge in [-0.05, 0) is 5.18 Å². The summed E-state index contributed by atoms with van der Waals surface area (Å²) in [5, 5.41) is 43.4. The van der Waals surface area contributed by atoms with Crippen LogP contribution in [0.3, 0.4) is 0 Å². The maximum absolute atomic E-state index is 11.7. The van der Waals surface area contributed by atoms with Gasteiger partial charge in [0, 0.05) is 0 Å². The Balaban J connectivity index is 2.32. The molecule has 5 atom stereocenters. The number of nitrogens with one attached hydrogen (secondary N) is 2. The number of anilines is 1. The summed E-state index contributed by atoms with van der Waals surface area (Å²) in [5.74, 6) is -0.357. The van der Waals surface area contributed by atoms with Gasteiger partial charge in [-0.25, -0.2) is 0 Å². The van der Waals surface area contributed by atoms with Crippen molar-refractivity contribution in [3.8, 4) is 6.01 Å². The first-order valence-corrected chi connectivity index (χ1v) is 6.51. The molecule has 1 saturated heterocycles. The highest BCUT2D eigenvalue weighted by atomic mass is 16.6. The summed E-state index contributed by atoms with van der Waals surface area (Å²) in [6, 6.07) is -0.227. The van der Waals surface area contributed by atoms with Crippen LogP contribution < -0.4 is 15.6 Å². The summed E-state index contributed by atoms with van der Waals surface area (Å²) >= 11 is 0. The molecule has 0 unspecified atom stereocenters. The molecule has 128 valence electrons. The molecular formula is C11H16N4O8. The third-order valence-electron chi connectivity index (χ3n) is 3.33. The predicted molar refractivity (Wildman–Crippen MR) is 74.3 cm³/mol. The van der Waals surface area contributed by atoms with E-state index in [2.05, 4.69) is 20.5 Å². The van der Waals surface area contributed by atoms with Gasteiger partial charge in [-0.15, -0.1) is 4.91 Å². The molecule has 1 aromatic heterocycles. The summed E-state index contributed by atoms with van der Waals surface area (Å²) < 4.78 is 9.94. The van der Waals surface area contributed by atoms with Crippen LogP contribution in [0.5, 0.6) is 6.01 Å². The van der Waals surface area contributed by atoms with Crippen LogP contribution in [0.4, 0.5) is 11.5 Å². The van der Waals surface area contributed by atoms with Gasteiger partial charge >= 0.3 is 0 Å². The van der Waals surface area contributed by atoms with E-state index in [1.165, 1.54) is 7.11 Å². The third kappa shape index (κ3) is 3.30. The molecule has 0 saturated carbocycles. The number of ether oxygens (including phenoxy) is 2. The molecule has 0 spiro atoms. The molecule has 23 heavy (non-hydrogen) atoms. The van der Waals surface area contributed by atoms with Gasteiger partial charge in [0.05, 0.1) is 13.7 Å². The average molecular weight is 332 g/mol. The molecule has 2 rings (SSSR count). The van der Waals surface area contributed by atoms with E-state index in [0.717, 1.165) is 0 Å². The Labute approximate surface area is 128 Å². The second kappa shape index (κ2) is 6.97. The number of hydrogen-bond donors (Lipinski definition) is 6. The van der Waals surface area contributed by atoms with Crippen LogP contribution in [-0.2, 0) is 4.74 Å². The molecule has 0 aromatic carbocycles. The van der Waals surface area contributed by atoms with E-state index in [4.69, 9.17) is 14.6 Å². The highest BCUT2D eigenvalue weighted by Gasteiger charge is 2.43. The molecule has 1 fully saturated rings. The largest absolute Gasteiger partial charge is 0.468 e. The molecule has 2 heterocycles. The van der Waals surface area contributed by atoms with E-state index in [0.29, 0.717) is 0 Å². The summed E-state index contributed by atoms with van der Waals surface area (Å²) in [6.07, 6.45) is -7.33. The fraction of sp³-hybridized carbons (Fsp3) is 0.636. The first kappa shape index (κ1) is 17.2. The first-order chi connectivity index (χ1) is 10.9. The van der Waals surface area contributed by atoms with Gasteiger partial charge in [-0.1, -0.05) is 0 Å². The van der Waals surface area contributed by atoms with Gasteiger partial charge in [0.25, 0.3) is 11.6 Å². The van der Waals surface area contributed by atoms with Crippen molar-refractivity contribution >= 4 is 11.5 Å². The minimum absolute atomic E-state index is 0.227. The van der Waals surface area contributed by atoms with Crippen LogP contribution in [0.15, 0.2) is 9.97 Å². The number of aliphatic hydroxyl groups excluding tert-OH is 4. The first-order valence-electron chi connectivity index (χ1n) is 6.51. The topological polar surface area (TPSA) is 187 Å². The Kier molecular flexibility index (Phi) is 5.23. The lowest BCUT2D eigenvalue weighted by Gasteiger charge is -2.40. The van der Waals surface area contributed by atoms with Gasteiger partial charge in [0.2, 0.25) is 5.69 Å². The number of nitroso groups, excluding NO2 is 1. The minimum atomic E-state index is -1.63. The van der Waals surface area contributed by atoms with Crippen molar-refractivity contribution in [2.45, 2.75) is 30.6 Å². The zero-order valence-corrected chi connectivity index (χ0v) is 11.9. The predicted octanol–water partition coefficient (Wildman–Crippen LogP) is -2.61. The number of hydrogen-bond acceptors (Lipinski definition) is 11. The quantitative estimate of drug-likeness (QED) is 0.312. The second-order valence-electron chi connectivity index (χ2n) is 4.76. The molecule has 0 aliphatic carbocycles. The number of nitrogens with zero attached hydrogens (tertiary/aromatic N) is 2. The Morgan fingerprint density at radius 1 is 1.35 bits per heavy atom. The SMILES string of the molecule is COc1nc(N[C@@H]2O[C@H](CO)[C@@H](O)[C@H](O)[C@H]2O)c(N=O)c(=O)[nH]1. The van der Waals surface area contributed by atoms with Crippen LogP contribution in [-0.4, -0.2) is 74.8 Å². The fourth-order valence-electron chi connectivity index (χ4n) is 2.08. The van der Waals surface area contributed by atoms with E-state index in [1.54, 1.807) is 0 Å². The maximum Gasteiger partial charge on any atom is 0.298 e. The Bertz CT molecular complexity index is 621. The van der Waals surface area contributed by atoms with Crippen molar-refractivity contribution in [3.63, 3.8) is 0 Å². The van der Waals surface area contributed by atoms with Crippen molar-refractivity contribution in [1.82, 2.24) is 9.97 Å². The maximum atomic E-state index is 11.7. The zero-order chi connectivity index (χ0) is 17.1. The number of aliphatic hydroxyl groups is 4. The Hall–Kier alpha value is -2.12. The number of rotatable bonds is 5. The molecule has 0 radical (unpaired) electrons. The third-order valence-corrected chi connectivity index (χ3v) is 3.33. The molecule has 12 heteroatoms. The lowest BCUT2D eigenvalue weighted by atomic mass is 9.98. The summed E-state index contributed by atoms with van der Waals surface area (Å²) in [5.41, 5.74) is -1.51. The number of aromatic nitrogens is 2. The normalized spacial score (nSPS) is 30.7. The van der Waals surface area contributed by atoms with Crippen LogP contribution in [0.1, 0.15) is 0 Å². The monoisotopic (exact) mass is 332 g/mol. The van der Waals surface area contributed by atoms with Gasteiger partial charge in [0.1, 0.15) is 24.4 Å². The summed E-state index contributed by atoms with van der Waals surface area (Å²) in [4.78, 5) is 28.4. The van der Waals surface area contributed by atoms with Crippen molar-refractivity contribution in [1.29, 1.82) is 0 Å². The smallest absolute Gasteiger partial charge is 0.298 e. The zero-order valence-electron chi connectivity index (χ0n) is 11.9.